The van der Waals surface area contributed by atoms with E-state index in [0.29, 0.717) is 12.6 Å². The van der Waals surface area contributed by atoms with Crippen molar-refractivity contribution in [2.75, 3.05) is 13.1 Å². The lowest BCUT2D eigenvalue weighted by Gasteiger charge is -2.20. The molecule has 104 valence electrons. The summed E-state index contributed by atoms with van der Waals surface area (Å²) < 4.78 is 0. The molecule has 2 saturated carbocycles. The fraction of sp³-hybridized carbons (Fsp3) is 0.647. The Labute approximate surface area is 116 Å². The summed E-state index contributed by atoms with van der Waals surface area (Å²) in [4.78, 5) is 0. The highest BCUT2D eigenvalue weighted by Gasteiger charge is 2.28. The quantitative estimate of drug-likeness (QED) is 0.788. The molecule has 2 nitrogen and oxygen atoms in total. The Morgan fingerprint density at radius 3 is 2.37 bits per heavy atom. The summed E-state index contributed by atoms with van der Waals surface area (Å²) in [5.41, 5.74) is 8.78. The van der Waals surface area contributed by atoms with E-state index in [1.54, 1.807) is 0 Å². The van der Waals surface area contributed by atoms with Gasteiger partial charge in [-0.2, -0.15) is 0 Å². The lowest BCUT2D eigenvalue weighted by Crippen LogP contribution is -2.32. The first-order valence-corrected chi connectivity index (χ1v) is 7.81. The van der Waals surface area contributed by atoms with Crippen LogP contribution >= 0.6 is 0 Å². The van der Waals surface area contributed by atoms with Gasteiger partial charge in [0.1, 0.15) is 0 Å². The van der Waals surface area contributed by atoms with E-state index < -0.39 is 0 Å². The second kappa shape index (κ2) is 5.64. The average Bonchev–Trinajstić information content (AvgIpc) is 3.32. The van der Waals surface area contributed by atoms with Gasteiger partial charge < -0.3 is 11.1 Å². The van der Waals surface area contributed by atoms with Crippen LogP contribution in [0.1, 0.15) is 55.7 Å². The largest absolute Gasteiger partial charge is 0.329 e. The maximum atomic E-state index is 5.93. The molecule has 2 fully saturated rings. The Morgan fingerprint density at radius 2 is 1.84 bits per heavy atom. The standard InChI is InChI=1S/C17H26N2/c1-12(13-2-3-13)11-19-17(10-18)16-8-6-15(7-9-16)14-4-5-14/h6-9,12-14,17,19H,2-5,10-11,18H2,1H3. The lowest BCUT2D eigenvalue weighted by molar-refractivity contribution is 0.422. The van der Waals surface area contributed by atoms with Gasteiger partial charge in [0.2, 0.25) is 0 Å². The summed E-state index contributed by atoms with van der Waals surface area (Å²) in [7, 11) is 0. The van der Waals surface area contributed by atoms with Crippen LogP contribution < -0.4 is 11.1 Å². The Kier molecular flexibility index (Phi) is 3.90. The van der Waals surface area contributed by atoms with E-state index in [1.165, 1.54) is 36.8 Å². The van der Waals surface area contributed by atoms with Crippen LogP contribution in [0.15, 0.2) is 24.3 Å². The molecule has 0 heterocycles. The van der Waals surface area contributed by atoms with E-state index in [-0.39, 0.29) is 0 Å². The number of hydrogen-bond donors (Lipinski definition) is 2. The number of benzene rings is 1. The third-order valence-electron chi connectivity index (χ3n) is 4.74. The maximum Gasteiger partial charge on any atom is 0.0444 e. The minimum Gasteiger partial charge on any atom is -0.329 e. The molecule has 2 aliphatic carbocycles. The maximum absolute atomic E-state index is 5.93. The van der Waals surface area contributed by atoms with Gasteiger partial charge in [-0.15, -0.1) is 0 Å². The van der Waals surface area contributed by atoms with Crippen molar-refractivity contribution in [3.63, 3.8) is 0 Å². The highest BCUT2D eigenvalue weighted by atomic mass is 14.9. The molecule has 0 radical (unpaired) electrons. The molecule has 2 aliphatic rings. The summed E-state index contributed by atoms with van der Waals surface area (Å²) in [5, 5.41) is 3.65. The smallest absolute Gasteiger partial charge is 0.0444 e. The van der Waals surface area contributed by atoms with Crippen molar-refractivity contribution in [1.82, 2.24) is 5.32 Å². The molecule has 2 unspecified atom stereocenters. The van der Waals surface area contributed by atoms with Gasteiger partial charge in [-0.25, -0.2) is 0 Å². The molecule has 0 aliphatic heterocycles. The summed E-state index contributed by atoms with van der Waals surface area (Å²) in [6.45, 7) is 4.13. The van der Waals surface area contributed by atoms with Gasteiger partial charge in [-0.1, -0.05) is 31.2 Å². The van der Waals surface area contributed by atoms with Gasteiger partial charge in [-0.05, 0) is 61.1 Å². The molecule has 0 amide bonds. The predicted octanol–water partition coefficient (Wildman–Crippen LogP) is 3.20. The Hall–Kier alpha value is -0.860. The monoisotopic (exact) mass is 258 g/mol. The minimum atomic E-state index is 0.314. The third-order valence-corrected chi connectivity index (χ3v) is 4.74. The third kappa shape index (κ3) is 3.37. The van der Waals surface area contributed by atoms with Gasteiger partial charge in [0.15, 0.2) is 0 Å². The highest BCUT2D eigenvalue weighted by Crippen LogP contribution is 2.40. The van der Waals surface area contributed by atoms with E-state index in [2.05, 4.69) is 36.5 Å². The molecule has 0 spiro atoms. The zero-order valence-electron chi connectivity index (χ0n) is 11.9. The minimum absolute atomic E-state index is 0.314. The van der Waals surface area contributed by atoms with E-state index in [0.717, 1.165) is 24.3 Å². The van der Waals surface area contributed by atoms with Crippen LogP contribution in [0.3, 0.4) is 0 Å². The first-order valence-electron chi connectivity index (χ1n) is 7.81. The molecule has 0 aromatic heterocycles. The zero-order valence-corrected chi connectivity index (χ0v) is 11.9. The summed E-state index contributed by atoms with van der Waals surface area (Å²) in [6, 6.07) is 9.43. The van der Waals surface area contributed by atoms with Crippen LogP contribution in [0, 0.1) is 11.8 Å². The first kappa shape index (κ1) is 13.1. The van der Waals surface area contributed by atoms with Gasteiger partial charge in [0.05, 0.1) is 0 Å². The molecule has 2 atom stereocenters. The highest BCUT2D eigenvalue weighted by molar-refractivity contribution is 5.29. The molecule has 1 aromatic carbocycles. The second-order valence-corrected chi connectivity index (χ2v) is 6.45. The molecule has 1 aromatic rings. The van der Waals surface area contributed by atoms with Crippen LogP contribution in [0.5, 0.6) is 0 Å². The van der Waals surface area contributed by atoms with Crippen molar-refractivity contribution in [3.8, 4) is 0 Å². The fourth-order valence-electron chi connectivity index (χ4n) is 2.91. The molecule has 19 heavy (non-hydrogen) atoms. The van der Waals surface area contributed by atoms with Gasteiger partial charge in [-0.3, -0.25) is 0 Å². The van der Waals surface area contributed by atoms with Crippen LogP contribution in [0.25, 0.3) is 0 Å². The van der Waals surface area contributed by atoms with Crippen molar-refractivity contribution in [2.45, 2.75) is 44.6 Å². The van der Waals surface area contributed by atoms with Crippen molar-refractivity contribution < 1.29 is 0 Å². The van der Waals surface area contributed by atoms with Crippen LogP contribution in [-0.2, 0) is 0 Å². The Bertz CT molecular complexity index is 404. The molecule has 3 rings (SSSR count). The topological polar surface area (TPSA) is 38.0 Å². The lowest BCUT2D eigenvalue weighted by atomic mass is 10.0. The zero-order chi connectivity index (χ0) is 13.2. The van der Waals surface area contributed by atoms with E-state index in [1.807, 2.05) is 0 Å². The molecular formula is C17H26N2. The van der Waals surface area contributed by atoms with Crippen LogP contribution in [0.4, 0.5) is 0 Å². The van der Waals surface area contributed by atoms with E-state index >= 15 is 0 Å². The van der Waals surface area contributed by atoms with Gasteiger partial charge >= 0.3 is 0 Å². The normalized spacial score (nSPS) is 22.2. The van der Waals surface area contributed by atoms with E-state index in [4.69, 9.17) is 5.73 Å². The van der Waals surface area contributed by atoms with Crippen LogP contribution in [-0.4, -0.2) is 13.1 Å². The summed E-state index contributed by atoms with van der Waals surface area (Å²) >= 11 is 0. The molecular weight excluding hydrogens is 232 g/mol. The Balaban J connectivity index is 1.56. The molecule has 0 bridgehead atoms. The van der Waals surface area contributed by atoms with Crippen molar-refractivity contribution in [3.05, 3.63) is 35.4 Å². The number of nitrogens with one attached hydrogen (secondary N) is 1. The fourth-order valence-corrected chi connectivity index (χ4v) is 2.91. The van der Waals surface area contributed by atoms with E-state index in [9.17, 15) is 0 Å². The number of nitrogens with two attached hydrogens (primary N) is 1. The second-order valence-electron chi connectivity index (χ2n) is 6.45. The van der Waals surface area contributed by atoms with Crippen molar-refractivity contribution >= 4 is 0 Å². The first-order chi connectivity index (χ1) is 9.28. The number of rotatable bonds is 7. The SMILES string of the molecule is CC(CNC(CN)c1ccc(C2CC2)cc1)C1CC1. The molecule has 3 N–H and O–H groups in total. The predicted molar refractivity (Wildman–Crippen MR) is 80.1 cm³/mol. The average molecular weight is 258 g/mol. The van der Waals surface area contributed by atoms with Crippen LogP contribution in [0.2, 0.25) is 0 Å². The van der Waals surface area contributed by atoms with Crippen molar-refractivity contribution in [1.29, 1.82) is 0 Å². The molecule has 0 saturated heterocycles. The number of hydrogen-bond acceptors (Lipinski definition) is 2. The van der Waals surface area contributed by atoms with Gasteiger partial charge in [0, 0.05) is 12.6 Å². The van der Waals surface area contributed by atoms with Gasteiger partial charge in [0.25, 0.3) is 0 Å². The summed E-state index contributed by atoms with van der Waals surface area (Å²) in [6.07, 6.45) is 5.59. The van der Waals surface area contributed by atoms with Crippen molar-refractivity contribution in [2.24, 2.45) is 17.6 Å². The summed E-state index contributed by atoms with van der Waals surface area (Å²) in [5.74, 6) is 2.59. The Morgan fingerprint density at radius 1 is 1.16 bits per heavy atom. The molecule has 2 heteroatoms.